The van der Waals surface area contributed by atoms with Crippen molar-refractivity contribution in [2.75, 3.05) is 26.2 Å². The van der Waals surface area contributed by atoms with Crippen LogP contribution in [-0.4, -0.2) is 47.3 Å². The minimum Gasteiger partial charge on any atom is -0.340 e. The summed E-state index contributed by atoms with van der Waals surface area (Å²) in [6.45, 7) is 9.23. The highest BCUT2D eigenvalue weighted by Crippen LogP contribution is 2.19. The summed E-state index contributed by atoms with van der Waals surface area (Å²) in [6, 6.07) is 0.558. The highest BCUT2D eigenvalue weighted by atomic mass is 16.5. The Morgan fingerprint density at radius 3 is 3.21 bits per heavy atom. The molecule has 1 aliphatic rings. The Kier molecular flexibility index (Phi) is 5.79. The van der Waals surface area contributed by atoms with Crippen LogP contribution in [0.25, 0.3) is 0 Å². The van der Waals surface area contributed by atoms with Crippen molar-refractivity contribution in [2.24, 2.45) is 5.92 Å². The fourth-order valence-corrected chi connectivity index (χ4v) is 2.90. The van der Waals surface area contributed by atoms with E-state index in [9.17, 15) is 0 Å². The summed E-state index contributed by atoms with van der Waals surface area (Å²) < 4.78 is 5.00. The van der Waals surface area contributed by atoms with E-state index in [1.165, 1.54) is 45.2 Å². The molecule has 1 aromatic heterocycles. The van der Waals surface area contributed by atoms with E-state index in [2.05, 4.69) is 34.2 Å². The molecule has 108 valence electrons. The quantitative estimate of drug-likeness (QED) is 0.814. The van der Waals surface area contributed by atoms with Gasteiger partial charge in [-0.2, -0.15) is 4.98 Å². The first-order valence-corrected chi connectivity index (χ1v) is 7.51. The Bertz CT molecular complexity index is 339. The molecule has 2 heterocycles. The first kappa shape index (κ1) is 14.5. The van der Waals surface area contributed by atoms with Crippen molar-refractivity contribution >= 4 is 0 Å². The molecule has 19 heavy (non-hydrogen) atoms. The molecule has 0 saturated carbocycles. The third-order valence-electron chi connectivity index (χ3n) is 4.00. The number of likely N-dealkylation sites (tertiary alicyclic amines) is 1. The van der Waals surface area contributed by atoms with Gasteiger partial charge in [0.05, 0.1) is 0 Å². The van der Waals surface area contributed by atoms with E-state index < -0.39 is 0 Å². The molecule has 1 aromatic rings. The summed E-state index contributed by atoms with van der Waals surface area (Å²) >= 11 is 0. The first-order valence-electron chi connectivity index (χ1n) is 7.51. The van der Waals surface area contributed by atoms with Crippen LogP contribution < -0.4 is 5.32 Å². The van der Waals surface area contributed by atoms with Gasteiger partial charge in [-0.05, 0) is 45.2 Å². The van der Waals surface area contributed by atoms with Crippen molar-refractivity contribution in [2.45, 2.75) is 45.6 Å². The summed E-state index contributed by atoms with van der Waals surface area (Å²) in [5.74, 6) is 1.49. The molecule has 0 aromatic carbocycles. The van der Waals surface area contributed by atoms with Gasteiger partial charge in [0, 0.05) is 25.6 Å². The van der Waals surface area contributed by atoms with Crippen molar-refractivity contribution in [3.63, 3.8) is 0 Å². The maximum atomic E-state index is 5.00. The number of nitrogens with one attached hydrogen (secondary N) is 1. The van der Waals surface area contributed by atoms with Gasteiger partial charge in [-0.1, -0.05) is 12.1 Å². The Hall–Kier alpha value is -0.940. The summed E-state index contributed by atoms with van der Waals surface area (Å²) in [7, 11) is 0. The number of aromatic nitrogens is 2. The fraction of sp³-hybridized carbons (Fsp3) is 0.857. The highest BCUT2D eigenvalue weighted by molar-refractivity contribution is 4.82. The summed E-state index contributed by atoms with van der Waals surface area (Å²) in [4.78, 5) is 6.64. The molecule has 0 spiro atoms. The van der Waals surface area contributed by atoms with Gasteiger partial charge in [0.25, 0.3) is 0 Å². The van der Waals surface area contributed by atoms with Crippen LogP contribution in [0.1, 0.15) is 39.0 Å². The molecule has 1 aliphatic heterocycles. The van der Waals surface area contributed by atoms with Crippen LogP contribution in [0.4, 0.5) is 0 Å². The van der Waals surface area contributed by atoms with Crippen LogP contribution >= 0.6 is 0 Å². The van der Waals surface area contributed by atoms with Crippen molar-refractivity contribution in [1.29, 1.82) is 0 Å². The monoisotopic (exact) mass is 266 g/mol. The van der Waals surface area contributed by atoms with E-state index >= 15 is 0 Å². The predicted molar refractivity (Wildman–Crippen MR) is 74.9 cm³/mol. The van der Waals surface area contributed by atoms with Gasteiger partial charge in [-0.3, -0.25) is 0 Å². The number of piperidine rings is 1. The second-order valence-corrected chi connectivity index (χ2v) is 5.53. The van der Waals surface area contributed by atoms with Crippen molar-refractivity contribution < 1.29 is 4.52 Å². The van der Waals surface area contributed by atoms with Crippen LogP contribution in [0, 0.1) is 5.92 Å². The van der Waals surface area contributed by atoms with E-state index in [1.54, 1.807) is 0 Å². The molecular formula is C14H26N4O. The Morgan fingerprint density at radius 2 is 2.47 bits per heavy atom. The molecule has 5 heteroatoms. The third-order valence-corrected chi connectivity index (χ3v) is 4.00. The Balaban J connectivity index is 1.68. The second-order valence-electron chi connectivity index (χ2n) is 5.53. The molecule has 1 saturated heterocycles. The molecule has 1 fully saturated rings. The average Bonchev–Trinajstić information content (AvgIpc) is 2.92. The molecule has 2 atom stereocenters. The van der Waals surface area contributed by atoms with Gasteiger partial charge in [0.15, 0.2) is 6.33 Å². The van der Waals surface area contributed by atoms with Gasteiger partial charge >= 0.3 is 0 Å². The zero-order valence-electron chi connectivity index (χ0n) is 12.1. The molecule has 0 amide bonds. The molecule has 1 N–H and O–H groups in total. The van der Waals surface area contributed by atoms with Gasteiger partial charge in [0.1, 0.15) is 0 Å². The maximum absolute atomic E-state index is 5.00. The molecule has 5 nitrogen and oxygen atoms in total. The van der Waals surface area contributed by atoms with Gasteiger partial charge in [0.2, 0.25) is 5.89 Å². The Morgan fingerprint density at radius 1 is 1.58 bits per heavy atom. The zero-order chi connectivity index (χ0) is 13.5. The number of rotatable bonds is 7. The normalized spacial score (nSPS) is 22.5. The topological polar surface area (TPSA) is 54.2 Å². The van der Waals surface area contributed by atoms with Crippen LogP contribution in [0.15, 0.2) is 10.9 Å². The molecule has 0 radical (unpaired) electrons. The minimum absolute atomic E-state index is 0.558. The molecule has 0 aliphatic carbocycles. The van der Waals surface area contributed by atoms with E-state index in [0.29, 0.717) is 6.04 Å². The predicted octanol–water partition coefficient (Wildman–Crippen LogP) is 1.71. The lowest BCUT2D eigenvalue weighted by Crippen LogP contribution is -2.45. The van der Waals surface area contributed by atoms with Crippen LogP contribution in [0.2, 0.25) is 0 Å². The van der Waals surface area contributed by atoms with Gasteiger partial charge in [-0.25, -0.2) is 0 Å². The Labute approximate surface area is 115 Å². The maximum Gasteiger partial charge on any atom is 0.227 e. The van der Waals surface area contributed by atoms with Crippen LogP contribution in [0.3, 0.4) is 0 Å². The molecule has 2 rings (SSSR count). The standard InChI is InChI=1S/C14H26N4O/c1-3-8-18-9-4-5-13(10-18)12(2)15-7-6-14-16-11-17-19-14/h11-13,15H,3-10H2,1-2H3. The largest absolute Gasteiger partial charge is 0.340 e. The van der Waals surface area contributed by atoms with Crippen molar-refractivity contribution in [1.82, 2.24) is 20.4 Å². The first-order chi connectivity index (χ1) is 9.29. The summed E-state index contributed by atoms with van der Waals surface area (Å²) in [5.41, 5.74) is 0. The highest BCUT2D eigenvalue weighted by Gasteiger charge is 2.23. The fourth-order valence-electron chi connectivity index (χ4n) is 2.90. The van der Waals surface area contributed by atoms with Gasteiger partial charge in [-0.15, -0.1) is 0 Å². The van der Waals surface area contributed by atoms with Crippen molar-refractivity contribution in [3.05, 3.63) is 12.2 Å². The smallest absolute Gasteiger partial charge is 0.227 e. The minimum atomic E-state index is 0.558. The lowest BCUT2D eigenvalue weighted by atomic mass is 9.91. The third kappa shape index (κ3) is 4.58. The van der Waals surface area contributed by atoms with Crippen molar-refractivity contribution in [3.8, 4) is 0 Å². The van der Waals surface area contributed by atoms with E-state index in [0.717, 1.165) is 24.8 Å². The average molecular weight is 266 g/mol. The summed E-state index contributed by atoms with van der Waals surface area (Å²) in [5, 5.41) is 7.22. The lowest BCUT2D eigenvalue weighted by Gasteiger charge is -2.36. The molecule has 0 bridgehead atoms. The number of nitrogens with zero attached hydrogens (tertiary/aromatic N) is 3. The SMILES string of the molecule is CCCN1CCCC(C(C)NCCc2ncno2)C1. The van der Waals surface area contributed by atoms with E-state index in [-0.39, 0.29) is 0 Å². The number of hydrogen-bond donors (Lipinski definition) is 1. The summed E-state index contributed by atoms with van der Waals surface area (Å²) in [6.07, 6.45) is 6.21. The van der Waals surface area contributed by atoms with Crippen LogP contribution in [-0.2, 0) is 6.42 Å². The van der Waals surface area contributed by atoms with E-state index in [1.807, 2.05) is 0 Å². The zero-order valence-corrected chi connectivity index (χ0v) is 12.1. The van der Waals surface area contributed by atoms with E-state index in [4.69, 9.17) is 4.52 Å². The second kappa shape index (κ2) is 7.60. The molecule has 2 unspecified atom stereocenters. The van der Waals surface area contributed by atoms with Crippen LogP contribution in [0.5, 0.6) is 0 Å². The number of hydrogen-bond acceptors (Lipinski definition) is 5. The van der Waals surface area contributed by atoms with Gasteiger partial charge < -0.3 is 14.7 Å². The molecular weight excluding hydrogens is 240 g/mol. The lowest BCUT2D eigenvalue weighted by molar-refractivity contribution is 0.151.